The van der Waals surface area contributed by atoms with Gasteiger partial charge < -0.3 is 10.6 Å². The van der Waals surface area contributed by atoms with Gasteiger partial charge in [0.2, 0.25) is 0 Å². The highest BCUT2D eigenvalue weighted by Gasteiger charge is 2.16. The third-order valence-electron chi connectivity index (χ3n) is 3.44. The normalized spacial score (nSPS) is 10.5. The largest absolute Gasteiger partial charge is 0.338 e. The average Bonchev–Trinajstić information content (AvgIpc) is 2.64. The molecule has 0 saturated heterocycles. The summed E-state index contributed by atoms with van der Waals surface area (Å²) < 4.78 is 53.5. The summed E-state index contributed by atoms with van der Waals surface area (Å²) in [6, 6.07) is 10.1. The van der Waals surface area contributed by atoms with Gasteiger partial charge in [0.1, 0.15) is 11.6 Å². The molecule has 3 rings (SSSR count). The Morgan fingerprint density at radius 1 is 0.846 bits per heavy atom. The zero-order valence-corrected chi connectivity index (χ0v) is 13.1. The van der Waals surface area contributed by atoms with E-state index in [4.69, 9.17) is 0 Å². The first-order chi connectivity index (χ1) is 12.5. The zero-order valence-electron chi connectivity index (χ0n) is 13.1. The summed E-state index contributed by atoms with van der Waals surface area (Å²) in [5, 5.41) is 4.86. The Kier molecular flexibility index (Phi) is 4.83. The van der Waals surface area contributed by atoms with Crippen LogP contribution in [-0.2, 0) is 0 Å². The van der Waals surface area contributed by atoms with Crippen molar-refractivity contribution in [2.75, 3.05) is 10.6 Å². The lowest BCUT2D eigenvalue weighted by Crippen LogP contribution is -2.14. The van der Waals surface area contributed by atoms with E-state index in [9.17, 15) is 22.4 Å². The third-order valence-corrected chi connectivity index (χ3v) is 3.44. The lowest BCUT2D eigenvalue weighted by Gasteiger charge is -2.10. The number of aromatic nitrogens is 1. The molecule has 4 nitrogen and oxygen atoms in total. The molecule has 2 N–H and O–H groups in total. The number of benzene rings is 2. The van der Waals surface area contributed by atoms with Crippen LogP contribution >= 0.6 is 0 Å². The topological polar surface area (TPSA) is 54.0 Å². The van der Waals surface area contributed by atoms with Crippen LogP contribution in [0.4, 0.5) is 34.8 Å². The van der Waals surface area contributed by atoms with Gasteiger partial charge in [-0.2, -0.15) is 0 Å². The molecule has 0 aliphatic carbocycles. The summed E-state index contributed by atoms with van der Waals surface area (Å²) >= 11 is 0. The summed E-state index contributed by atoms with van der Waals surface area (Å²) in [4.78, 5) is 16.2. The van der Waals surface area contributed by atoms with E-state index < -0.39 is 34.9 Å². The molecule has 0 saturated carbocycles. The summed E-state index contributed by atoms with van der Waals surface area (Å²) in [5.74, 6) is -5.65. The molecule has 8 heteroatoms. The molecule has 0 fully saturated rings. The standard InChI is InChI=1S/C18H11F4N3O/c19-11-3-1-2-4-13(11)24-15-9-10(7-8-23-15)18(26)25-14-6-5-12(20)16(21)17(14)22/h1-9H,(H,23,24)(H,25,26). The van der Waals surface area contributed by atoms with E-state index in [1.165, 1.54) is 36.5 Å². The Hall–Kier alpha value is -3.42. The second-order valence-electron chi connectivity index (χ2n) is 5.21. The fourth-order valence-electron chi connectivity index (χ4n) is 2.16. The minimum absolute atomic E-state index is 0.0583. The van der Waals surface area contributed by atoms with Gasteiger partial charge in [-0.15, -0.1) is 0 Å². The lowest BCUT2D eigenvalue weighted by molar-refractivity contribution is 0.102. The maximum atomic E-state index is 13.7. The van der Waals surface area contributed by atoms with Gasteiger partial charge in [0.05, 0.1) is 11.4 Å². The van der Waals surface area contributed by atoms with Crippen molar-refractivity contribution in [3.05, 3.63) is 83.6 Å². The van der Waals surface area contributed by atoms with Gasteiger partial charge in [0.15, 0.2) is 17.5 Å². The number of hydrogen-bond acceptors (Lipinski definition) is 3. The van der Waals surface area contributed by atoms with Crippen molar-refractivity contribution in [3.63, 3.8) is 0 Å². The summed E-state index contributed by atoms with van der Waals surface area (Å²) in [6.45, 7) is 0. The number of nitrogens with zero attached hydrogens (tertiary/aromatic N) is 1. The number of carbonyl (C=O) groups excluding carboxylic acids is 1. The molecule has 1 aromatic heterocycles. The first-order valence-electron chi connectivity index (χ1n) is 7.38. The van der Waals surface area contributed by atoms with Crippen molar-refractivity contribution in [1.29, 1.82) is 0 Å². The number of para-hydroxylation sites is 1. The molecule has 26 heavy (non-hydrogen) atoms. The number of anilines is 3. The minimum Gasteiger partial charge on any atom is -0.338 e. The van der Waals surface area contributed by atoms with Crippen LogP contribution < -0.4 is 10.6 Å². The highest BCUT2D eigenvalue weighted by Crippen LogP contribution is 2.22. The van der Waals surface area contributed by atoms with Crippen LogP contribution in [0.25, 0.3) is 0 Å². The van der Waals surface area contributed by atoms with Gasteiger partial charge in [-0.05, 0) is 36.4 Å². The van der Waals surface area contributed by atoms with Crippen LogP contribution in [0.3, 0.4) is 0 Å². The molecule has 0 atom stereocenters. The van der Waals surface area contributed by atoms with Crippen LogP contribution in [0.1, 0.15) is 10.4 Å². The SMILES string of the molecule is O=C(Nc1ccc(F)c(F)c1F)c1ccnc(Nc2ccccc2F)c1. The van der Waals surface area contributed by atoms with Gasteiger partial charge in [0, 0.05) is 11.8 Å². The first-order valence-corrected chi connectivity index (χ1v) is 7.38. The smallest absolute Gasteiger partial charge is 0.255 e. The van der Waals surface area contributed by atoms with E-state index in [1.807, 2.05) is 0 Å². The number of nitrogens with one attached hydrogen (secondary N) is 2. The monoisotopic (exact) mass is 361 g/mol. The van der Waals surface area contributed by atoms with Crippen molar-refractivity contribution in [1.82, 2.24) is 4.98 Å². The number of pyridine rings is 1. The third kappa shape index (κ3) is 3.64. The zero-order chi connectivity index (χ0) is 18.7. The molecule has 0 aliphatic heterocycles. The number of carbonyl (C=O) groups is 1. The number of hydrogen-bond donors (Lipinski definition) is 2. The molecule has 0 radical (unpaired) electrons. The van der Waals surface area contributed by atoms with E-state index in [2.05, 4.69) is 15.6 Å². The Morgan fingerprint density at radius 2 is 1.62 bits per heavy atom. The molecule has 132 valence electrons. The van der Waals surface area contributed by atoms with Gasteiger partial charge >= 0.3 is 0 Å². The van der Waals surface area contributed by atoms with E-state index in [1.54, 1.807) is 6.07 Å². The molecule has 1 heterocycles. The van der Waals surface area contributed by atoms with E-state index >= 15 is 0 Å². The maximum absolute atomic E-state index is 13.7. The first kappa shape index (κ1) is 17.4. The molecule has 0 unspecified atom stereocenters. The van der Waals surface area contributed by atoms with Crippen molar-refractivity contribution >= 4 is 23.1 Å². The second-order valence-corrected chi connectivity index (χ2v) is 5.21. The van der Waals surface area contributed by atoms with Crippen molar-refractivity contribution in [3.8, 4) is 0 Å². The van der Waals surface area contributed by atoms with Crippen molar-refractivity contribution in [2.45, 2.75) is 0 Å². The fourth-order valence-corrected chi connectivity index (χ4v) is 2.16. The predicted octanol–water partition coefficient (Wildman–Crippen LogP) is 4.63. The summed E-state index contributed by atoms with van der Waals surface area (Å²) in [7, 11) is 0. The molecular formula is C18H11F4N3O. The van der Waals surface area contributed by atoms with Crippen LogP contribution in [-0.4, -0.2) is 10.9 Å². The molecule has 0 bridgehead atoms. The number of rotatable bonds is 4. The van der Waals surface area contributed by atoms with Crippen LogP contribution in [0.2, 0.25) is 0 Å². The van der Waals surface area contributed by atoms with Crippen molar-refractivity contribution < 1.29 is 22.4 Å². The van der Waals surface area contributed by atoms with E-state index in [-0.39, 0.29) is 17.1 Å². The number of amides is 1. The molecule has 3 aromatic rings. The summed E-state index contributed by atoms with van der Waals surface area (Å²) in [5.41, 5.74) is -0.290. The highest BCUT2D eigenvalue weighted by molar-refractivity contribution is 6.04. The molecule has 0 spiro atoms. The molecule has 0 aliphatic rings. The van der Waals surface area contributed by atoms with Crippen LogP contribution in [0.5, 0.6) is 0 Å². The maximum Gasteiger partial charge on any atom is 0.255 e. The average molecular weight is 361 g/mol. The van der Waals surface area contributed by atoms with E-state index in [0.29, 0.717) is 6.07 Å². The number of halogens is 4. The Balaban J connectivity index is 1.81. The van der Waals surface area contributed by atoms with Gasteiger partial charge in [-0.25, -0.2) is 22.5 Å². The highest BCUT2D eigenvalue weighted by atomic mass is 19.2. The van der Waals surface area contributed by atoms with Crippen LogP contribution in [0, 0.1) is 23.3 Å². The Bertz CT molecular complexity index is 978. The van der Waals surface area contributed by atoms with Crippen LogP contribution in [0.15, 0.2) is 54.7 Å². The van der Waals surface area contributed by atoms with E-state index in [0.717, 1.165) is 6.07 Å². The van der Waals surface area contributed by atoms with Gasteiger partial charge in [-0.3, -0.25) is 4.79 Å². The van der Waals surface area contributed by atoms with Gasteiger partial charge in [0.25, 0.3) is 5.91 Å². The molecule has 2 aromatic carbocycles. The Morgan fingerprint density at radius 3 is 2.38 bits per heavy atom. The quantitative estimate of drug-likeness (QED) is 0.526. The predicted molar refractivity (Wildman–Crippen MR) is 88.2 cm³/mol. The molecule has 1 amide bonds. The minimum atomic E-state index is -1.68. The van der Waals surface area contributed by atoms with Gasteiger partial charge in [-0.1, -0.05) is 12.1 Å². The Labute approximate surface area is 145 Å². The molecular weight excluding hydrogens is 350 g/mol. The summed E-state index contributed by atoms with van der Waals surface area (Å²) in [6.07, 6.45) is 1.29. The lowest BCUT2D eigenvalue weighted by atomic mass is 10.2. The van der Waals surface area contributed by atoms with Crippen molar-refractivity contribution in [2.24, 2.45) is 0 Å². The second kappa shape index (κ2) is 7.22. The fraction of sp³-hybridized carbons (Fsp3) is 0.